The molecule has 3 N–H and O–H groups in total. The number of halogens is 1. The third-order valence-corrected chi connectivity index (χ3v) is 4.18. The van der Waals surface area contributed by atoms with Gasteiger partial charge in [0.05, 0.1) is 0 Å². The molecule has 0 radical (unpaired) electrons. The number of nitrogens with one attached hydrogen (secondary N) is 1. The lowest BCUT2D eigenvalue weighted by Crippen LogP contribution is -2.21. The highest BCUT2D eigenvalue weighted by atomic mass is 79.9. The van der Waals surface area contributed by atoms with Gasteiger partial charge in [0.1, 0.15) is 4.99 Å². The van der Waals surface area contributed by atoms with Gasteiger partial charge in [-0.25, -0.2) is 0 Å². The average molecular weight is 327 g/mol. The summed E-state index contributed by atoms with van der Waals surface area (Å²) in [5, 5.41) is 3.61. The molecule has 0 saturated heterocycles. The molecule has 1 aliphatic rings. The van der Waals surface area contributed by atoms with E-state index in [0.717, 1.165) is 15.7 Å². The number of hydrogen-bond donors (Lipinski definition) is 2. The fourth-order valence-electron chi connectivity index (χ4n) is 2.49. The van der Waals surface area contributed by atoms with Gasteiger partial charge in [0.25, 0.3) is 0 Å². The third-order valence-electron chi connectivity index (χ3n) is 3.46. The Morgan fingerprint density at radius 1 is 1.22 bits per heavy atom. The van der Waals surface area contributed by atoms with Crippen molar-refractivity contribution in [2.45, 2.75) is 44.6 Å². The predicted octanol–water partition coefficient (Wildman–Crippen LogP) is 4.22. The molecular weight excluding hydrogens is 308 g/mol. The summed E-state index contributed by atoms with van der Waals surface area (Å²) in [5.41, 5.74) is 7.79. The Bertz CT molecular complexity index is 426. The average Bonchev–Trinajstić information content (AvgIpc) is 2.60. The predicted molar refractivity (Wildman–Crippen MR) is 85.1 cm³/mol. The van der Waals surface area contributed by atoms with Gasteiger partial charge in [-0.2, -0.15) is 0 Å². The Kier molecular flexibility index (Phi) is 5.01. The molecule has 18 heavy (non-hydrogen) atoms. The second-order valence-electron chi connectivity index (χ2n) is 4.89. The van der Waals surface area contributed by atoms with E-state index >= 15 is 0 Å². The van der Waals surface area contributed by atoms with E-state index in [4.69, 9.17) is 18.0 Å². The summed E-state index contributed by atoms with van der Waals surface area (Å²) < 4.78 is 1.01. The number of hydrogen-bond acceptors (Lipinski definition) is 2. The maximum Gasteiger partial charge on any atom is 0.106 e. The number of nitrogens with two attached hydrogens (primary N) is 1. The van der Waals surface area contributed by atoms with Gasteiger partial charge in [0, 0.05) is 21.8 Å². The van der Waals surface area contributed by atoms with Crippen molar-refractivity contribution >= 4 is 38.8 Å². The number of benzene rings is 1. The molecule has 0 spiro atoms. The van der Waals surface area contributed by atoms with Gasteiger partial charge in [-0.15, -0.1) is 0 Å². The van der Waals surface area contributed by atoms with E-state index in [9.17, 15) is 0 Å². The molecular formula is C14H19BrN2S. The van der Waals surface area contributed by atoms with Crippen LogP contribution in [0.5, 0.6) is 0 Å². The molecule has 0 amide bonds. The van der Waals surface area contributed by atoms with Gasteiger partial charge < -0.3 is 11.1 Å². The lowest BCUT2D eigenvalue weighted by molar-refractivity contribution is 0.620. The zero-order chi connectivity index (χ0) is 13.0. The third kappa shape index (κ3) is 3.69. The van der Waals surface area contributed by atoms with Crippen LogP contribution >= 0.6 is 28.1 Å². The standard InChI is InChI=1S/C14H19BrN2S/c15-10-7-8-13(12(9-10)14(16)18)17-11-5-3-1-2-4-6-11/h7-9,11,17H,1-6H2,(H2,16,18). The van der Waals surface area contributed by atoms with Crippen LogP contribution in [0, 0.1) is 0 Å². The maximum atomic E-state index is 5.79. The quantitative estimate of drug-likeness (QED) is 0.645. The van der Waals surface area contributed by atoms with Gasteiger partial charge in [0.2, 0.25) is 0 Å². The molecule has 1 aromatic rings. The van der Waals surface area contributed by atoms with E-state index in [0.29, 0.717) is 11.0 Å². The van der Waals surface area contributed by atoms with E-state index in [1.807, 2.05) is 12.1 Å². The van der Waals surface area contributed by atoms with Crippen molar-refractivity contribution in [1.82, 2.24) is 0 Å². The van der Waals surface area contributed by atoms with Gasteiger partial charge >= 0.3 is 0 Å². The van der Waals surface area contributed by atoms with E-state index < -0.39 is 0 Å². The number of thiocarbonyl (C=S) groups is 1. The monoisotopic (exact) mass is 326 g/mol. The minimum atomic E-state index is 0.451. The molecule has 1 fully saturated rings. The summed E-state index contributed by atoms with van der Waals surface area (Å²) >= 11 is 8.58. The summed E-state index contributed by atoms with van der Waals surface area (Å²) in [6.07, 6.45) is 7.84. The summed E-state index contributed by atoms with van der Waals surface area (Å²) in [6.45, 7) is 0. The number of anilines is 1. The van der Waals surface area contributed by atoms with E-state index in [1.165, 1.54) is 38.5 Å². The molecule has 2 rings (SSSR count). The fraction of sp³-hybridized carbons (Fsp3) is 0.500. The van der Waals surface area contributed by atoms with E-state index in [2.05, 4.69) is 27.3 Å². The second kappa shape index (κ2) is 6.53. The first-order valence-corrected chi connectivity index (χ1v) is 7.73. The van der Waals surface area contributed by atoms with Crippen molar-refractivity contribution in [3.8, 4) is 0 Å². The zero-order valence-electron chi connectivity index (χ0n) is 10.4. The Morgan fingerprint density at radius 3 is 2.50 bits per heavy atom. The van der Waals surface area contributed by atoms with Crippen LogP contribution in [0.2, 0.25) is 0 Å². The van der Waals surface area contributed by atoms with Gasteiger partial charge in [-0.3, -0.25) is 0 Å². The van der Waals surface area contributed by atoms with Crippen LogP contribution < -0.4 is 11.1 Å². The molecule has 4 heteroatoms. The summed E-state index contributed by atoms with van der Waals surface area (Å²) in [5.74, 6) is 0. The van der Waals surface area contributed by atoms with Crippen LogP contribution in [0.1, 0.15) is 44.1 Å². The fourth-order valence-corrected chi connectivity index (χ4v) is 3.02. The molecule has 1 aliphatic carbocycles. The van der Waals surface area contributed by atoms with Crippen molar-refractivity contribution in [3.05, 3.63) is 28.2 Å². The van der Waals surface area contributed by atoms with Crippen LogP contribution in [0.3, 0.4) is 0 Å². The first-order chi connectivity index (χ1) is 8.66. The second-order valence-corrected chi connectivity index (χ2v) is 6.24. The lowest BCUT2D eigenvalue weighted by atomic mass is 10.1. The first-order valence-electron chi connectivity index (χ1n) is 6.52. The van der Waals surface area contributed by atoms with Crippen molar-refractivity contribution in [2.75, 3.05) is 5.32 Å². The lowest BCUT2D eigenvalue weighted by Gasteiger charge is -2.20. The van der Waals surface area contributed by atoms with Crippen LogP contribution in [0.25, 0.3) is 0 Å². The molecule has 1 aromatic carbocycles. The highest BCUT2D eigenvalue weighted by Crippen LogP contribution is 2.25. The molecule has 0 atom stereocenters. The first kappa shape index (κ1) is 13.8. The maximum absolute atomic E-state index is 5.79. The van der Waals surface area contributed by atoms with Crippen LogP contribution in [-0.2, 0) is 0 Å². The van der Waals surface area contributed by atoms with Gasteiger partial charge in [-0.1, -0.05) is 53.8 Å². The van der Waals surface area contributed by atoms with Crippen LogP contribution in [-0.4, -0.2) is 11.0 Å². The largest absolute Gasteiger partial charge is 0.389 e. The van der Waals surface area contributed by atoms with Crippen LogP contribution in [0.15, 0.2) is 22.7 Å². The molecule has 0 bridgehead atoms. The highest BCUT2D eigenvalue weighted by Gasteiger charge is 2.14. The molecule has 0 aromatic heterocycles. The molecule has 2 nitrogen and oxygen atoms in total. The minimum absolute atomic E-state index is 0.451. The normalized spacial score (nSPS) is 17.2. The van der Waals surface area contributed by atoms with Crippen molar-refractivity contribution in [1.29, 1.82) is 0 Å². The molecule has 98 valence electrons. The van der Waals surface area contributed by atoms with E-state index in [-0.39, 0.29) is 0 Å². The highest BCUT2D eigenvalue weighted by molar-refractivity contribution is 9.10. The van der Waals surface area contributed by atoms with E-state index in [1.54, 1.807) is 0 Å². The Balaban J connectivity index is 2.14. The minimum Gasteiger partial charge on any atom is -0.389 e. The summed E-state index contributed by atoms with van der Waals surface area (Å²) in [6, 6.07) is 6.63. The molecule has 0 heterocycles. The molecule has 1 saturated carbocycles. The Hall–Kier alpha value is -0.610. The molecule has 0 unspecified atom stereocenters. The van der Waals surface area contributed by atoms with Crippen molar-refractivity contribution in [3.63, 3.8) is 0 Å². The van der Waals surface area contributed by atoms with Gasteiger partial charge in [-0.05, 0) is 31.0 Å². The summed E-state index contributed by atoms with van der Waals surface area (Å²) in [4.78, 5) is 0.451. The van der Waals surface area contributed by atoms with Crippen molar-refractivity contribution < 1.29 is 0 Å². The number of rotatable bonds is 3. The van der Waals surface area contributed by atoms with Gasteiger partial charge in [0.15, 0.2) is 0 Å². The summed E-state index contributed by atoms with van der Waals surface area (Å²) in [7, 11) is 0. The Labute approximate surface area is 122 Å². The topological polar surface area (TPSA) is 38.0 Å². The van der Waals surface area contributed by atoms with Crippen molar-refractivity contribution in [2.24, 2.45) is 5.73 Å². The SMILES string of the molecule is NC(=S)c1cc(Br)ccc1NC1CCCCCC1. The van der Waals surface area contributed by atoms with Crippen LogP contribution in [0.4, 0.5) is 5.69 Å². The molecule has 0 aliphatic heterocycles. The Morgan fingerprint density at radius 2 is 1.89 bits per heavy atom. The smallest absolute Gasteiger partial charge is 0.106 e. The zero-order valence-corrected chi connectivity index (χ0v) is 12.8.